The average Bonchev–Trinajstić information content (AvgIpc) is 2.26. The molecule has 0 saturated carbocycles. The molecule has 0 radical (unpaired) electrons. The summed E-state index contributed by atoms with van der Waals surface area (Å²) in [6.45, 7) is 5.98. The van der Waals surface area contributed by atoms with E-state index < -0.39 is 0 Å². The first kappa shape index (κ1) is 16.1. The van der Waals surface area contributed by atoms with Crippen molar-refractivity contribution in [3.8, 4) is 0 Å². The minimum atomic E-state index is 0. The van der Waals surface area contributed by atoms with Gasteiger partial charge in [0.2, 0.25) is 0 Å². The first-order chi connectivity index (χ1) is 8.49. The van der Waals surface area contributed by atoms with Gasteiger partial charge in [-0.25, -0.2) is 4.98 Å². The Hall–Kier alpha value is -0.970. The standard InChI is InChI=1S/C14H19N3S.ClH/c1-10-9-11(2)15-14-12(10)5-6-13(18)17(14)8-7-16(3)4;/h5-6,9H,7-8H2,1-4H3;1H. The molecule has 0 aliphatic carbocycles. The highest BCUT2D eigenvalue weighted by atomic mass is 35.5. The zero-order valence-electron chi connectivity index (χ0n) is 11.8. The van der Waals surface area contributed by atoms with E-state index in [2.05, 4.69) is 47.6 Å². The van der Waals surface area contributed by atoms with Gasteiger partial charge in [-0.2, -0.15) is 0 Å². The van der Waals surface area contributed by atoms with Gasteiger partial charge in [-0.15, -0.1) is 12.4 Å². The van der Waals surface area contributed by atoms with Gasteiger partial charge in [0.1, 0.15) is 10.3 Å². The fourth-order valence-corrected chi connectivity index (χ4v) is 2.35. The fourth-order valence-electron chi connectivity index (χ4n) is 2.10. The van der Waals surface area contributed by atoms with E-state index >= 15 is 0 Å². The van der Waals surface area contributed by atoms with E-state index in [1.165, 1.54) is 10.9 Å². The Kier molecular flexibility index (Phi) is 5.47. The van der Waals surface area contributed by atoms with Gasteiger partial charge in [0.15, 0.2) is 0 Å². The molecule has 0 bridgehead atoms. The van der Waals surface area contributed by atoms with Crippen LogP contribution in [-0.4, -0.2) is 35.1 Å². The average molecular weight is 298 g/mol. The highest BCUT2D eigenvalue weighted by Gasteiger charge is 2.06. The summed E-state index contributed by atoms with van der Waals surface area (Å²) in [5.74, 6) is 0. The van der Waals surface area contributed by atoms with Crippen molar-refractivity contribution in [1.82, 2.24) is 14.5 Å². The molecule has 104 valence electrons. The summed E-state index contributed by atoms with van der Waals surface area (Å²) >= 11 is 5.42. The number of aryl methyl sites for hydroxylation is 2. The minimum Gasteiger partial charge on any atom is -0.316 e. The zero-order valence-corrected chi connectivity index (χ0v) is 13.4. The predicted octanol–water partition coefficient (Wildman–Crippen LogP) is 3.37. The van der Waals surface area contributed by atoms with E-state index in [1.54, 1.807) is 0 Å². The monoisotopic (exact) mass is 297 g/mol. The normalized spacial score (nSPS) is 10.8. The van der Waals surface area contributed by atoms with Gasteiger partial charge in [0.05, 0.1) is 0 Å². The first-order valence-electron chi connectivity index (χ1n) is 6.11. The fraction of sp³-hybridized carbons (Fsp3) is 0.429. The van der Waals surface area contributed by atoms with Gasteiger partial charge in [-0.1, -0.05) is 12.2 Å². The van der Waals surface area contributed by atoms with Gasteiger partial charge < -0.3 is 9.47 Å². The summed E-state index contributed by atoms with van der Waals surface area (Å²) in [4.78, 5) is 6.81. The van der Waals surface area contributed by atoms with Crippen LogP contribution in [0.3, 0.4) is 0 Å². The van der Waals surface area contributed by atoms with Crippen molar-refractivity contribution in [2.45, 2.75) is 20.4 Å². The summed E-state index contributed by atoms with van der Waals surface area (Å²) < 4.78 is 2.98. The Balaban J connectivity index is 0.00000180. The molecule has 5 heteroatoms. The molecule has 2 aromatic heterocycles. The van der Waals surface area contributed by atoms with Crippen LogP contribution in [0.2, 0.25) is 0 Å². The zero-order chi connectivity index (χ0) is 13.3. The SMILES string of the molecule is Cc1cc(C)c2ccc(=S)n(CCN(C)C)c2n1.Cl. The lowest BCUT2D eigenvalue weighted by Crippen LogP contribution is -2.19. The summed E-state index contributed by atoms with van der Waals surface area (Å²) in [6, 6.07) is 6.19. The number of hydrogen-bond donors (Lipinski definition) is 0. The highest BCUT2D eigenvalue weighted by Crippen LogP contribution is 2.18. The number of nitrogens with zero attached hydrogens (tertiary/aromatic N) is 3. The van der Waals surface area contributed by atoms with E-state index in [0.717, 1.165) is 29.1 Å². The smallest absolute Gasteiger partial charge is 0.141 e. The number of hydrogen-bond acceptors (Lipinski definition) is 3. The third-order valence-corrected chi connectivity index (χ3v) is 3.41. The molecule has 2 rings (SSSR count). The number of aromatic nitrogens is 2. The number of pyridine rings is 2. The Morgan fingerprint density at radius 2 is 1.95 bits per heavy atom. The Morgan fingerprint density at radius 1 is 1.26 bits per heavy atom. The summed E-state index contributed by atoms with van der Waals surface area (Å²) in [7, 11) is 4.14. The molecule has 0 amide bonds. The van der Waals surface area contributed by atoms with Crippen molar-refractivity contribution in [2.75, 3.05) is 20.6 Å². The lowest BCUT2D eigenvalue weighted by atomic mass is 10.1. The second kappa shape index (κ2) is 6.46. The molecule has 0 saturated heterocycles. The summed E-state index contributed by atoms with van der Waals surface area (Å²) in [5.41, 5.74) is 3.30. The topological polar surface area (TPSA) is 21.1 Å². The molecule has 0 N–H and O–H groups in total. The van der Waals surface area contributed by atoms with Crippen LogP contribution in [0.5, 0.6) is 0 Å². The van der Waals surface area contributed by atoms with Crippen LogP contribution in [0.15, 0.2) is 18.2 Å². The van der Waals surface area contributed by atoms with Crippen molar-refractivity contribution < 1.29 is 0 Å². The van der Waals surface area contributed by atoms with Crippen molar-refractivity contribution in [1.29, 1.82) is 0 Å². The second-order valence-electron chi connectivity index (χ2n) is 4.94. The Bertz CT molecular complexity index is 634. The number of likely N-dealkylation sites (N-methyl/N-ethyl adjacent to an activating group) is 1. The molecule has 0 aromatic carbocycles. The molecular formula is C14H20ClN3S. The maximum atomic E-state index is 5.42. The van der Waals surface area contributed by atoms with Gasteiger partial charge in [-0.3, -0.25) is 0 Å². The summed E-state index contributed by atoms with van der Waals surface area (Å²) in [5, 5.41) is 1.19. The Morgan fingerprint density at radius 3 is 2.58 bits per heavy atom. The molecule has 0 atom stereocenters. The molecule has 0 aliphatic rings. The van der Waals surface area contributed by atoms with Crippen LogP contribution in [0.1, 0.15) is 11.3 Å². The van der Waals surface area contributed by atoms with Crippen LogP contribution in [0.4, 0.5) is 0 Å². The highest BCUT2D eigenvalue weighted by molar-refractivity contribution is 7.71. The van der Waals surface area contributed by atoms with Gasteiger partial charge in [0, 0.05) is 24.2 Å². The van der Waals surface area contributed by atoms with Crippen LogP contribution in [-0.2, 0) is 6.54 Å². The van der Waals surface area contributed by atoms with Gasteiger partial charge in [0.25, 0.3) is 0 Å². The van der Waals surface area contributed by atoms with E-state index in [-0.39, 0.29) is 12.4 Å². The van der Waals surface area contributed by atoms with Crippen LogP contribution >= 0.6 is 24.6 Å². The maximum Gasteiger partial charge on any atom is 0.141 e. The van der Waals surface area contributed by atoms with Crippen molar-refractivity contribution in [3.63, 3.8) is 0 Å². The molecular weight excluding hydrogens is 278 g/mol. The van der Waals surface area contributed by atoms with E-state index in [0.29, 0.717) is 0 Å². The number of fused-ring (bicyclic) bond motifs is 1. The third-order valence-electron chi connectivity index (χ3n) is 3.06. The predicted molar refractivity (Wildman–Crippen MR) is 85.8 cm³/mol. The van der Waals surface area contributed by atoms with Crippen LogP contribution < -0.4 is 0 Å². The van der Waals surface area contributed by atoms with Crippen LogP contribution in [0, 0.1) is 18.5 Å². The molecule has 0 spiro atoms. The van der Waals surface area contributed by atoms with Crippen molar-refractivity contribution in [3.05, 3.63) is 34.1 Å². The molecule has 2 heterocycles. The number of rotatable bonds is 3. The van der Waals surface area contributed by atoms with E-state index in [1.807, 2.05) is 13.0 Å². The lowest BCUT2D eigenvalue weighted by molar-refractivity contribution is 0.385. The third kappa shape index (κ3) is 3.53. The maximum absolute atomic E-state index is 5.42. The Labute approximate surface area is 125 Å². The van der Waals surface area contributed by atoms with E-state index in [9.17, 15) is 0 Å². The first-order valence-corrected chi connectivity index (χ1v) is 6.52. The minimum absolute atomic E-state index is 0. The van der Waals surface area contributed by atoms with Gasteiger partial charge in [-0.05, 0) is 51.7 Å². The molecule has 2 aromatic rings. The lowest BCUT2D eigenvalue weighted by Gasteiger charge is -2.15. The molecule has 0 unspecified atom stereocenters. The second-order valence-corrected chi connectivity index (χ2v) is 5.36. The van der Waals surface area contributed by atoms with Crippen LogP contribution in [0.25, 0.3) is 11.0 Å². The quantitative estimate of drug-likeness (QED) is 0.811. The van der Waals surface area contributed by atoms with Crippen molar-refractivity contribution >= 4 is 35.7 Å². The largest absolute Gasteiger partial charge is 0.316 e. The number of halogens is 1. The molecule has 3 nitrogen and oxygen atoms in total. The molecule has 0 fully saturated rings. The van der Waals surface area contributed by atoms with Gasteiger partial charge >= 0.3 is 0 Å². The molecule has 19 heavy (non-hydrogen) atoms. The molecule has 0 aliphatic heterocycles. The van der Waals surface area contributed by atoms with E-state index in [4.69, 9.17) is 12.2 Å². The van der Waals surface area contributed by atoms with Crippen molar-refractivity contribution in [2.24, 2.45) is 0 Å². The summed E-state index contributed by atoms with van der Waals surface area (Å²) in [6.07, 6.45) is 0.